The number of hydrogen-bond acceptors (Lipinski definition) is 4. The summed E-state index contributed by atoms with van der Waals surface area (Å²) in [6.45, 7) is 5.17. The van der Waals surface area contributed by atoms with Gasteiger partial charge in [-0.1, -0.05) is 6.07 Å². The van der Waals surface area contributed by atoms with Gasteiger partial charge in [0.25, 0.3) is 5.91 Å². The lowest BCUT2D eigenvalue weighted by Crippen LogP contribution is -2.56. The average Bonchev–Trinajstić information content (AvgIpc) is 2.64. The van der Waals surface area contributed by atoms with E-state index in [4.69, 9.17) is 4.74 Å². The summed E-state index contributed by atoms with van der Waals surface area (Å²) in [7, 11) is 0. The summed E-state index contributed by atoms with van der Waals surface area (Å²) in [5.41, 5.74) is 2.47. The van der Waals surface area contributed by atoms with E-state index in [1.54, 1.807) is 6.92 Å². The van der Waals surface area contributed by atoms with Crippen molar-refractivity contribution in [3.63, 3.8) is 0 Å². The molecule has 4 aliphatic rings. The van der Waals surface area contributed by atoms with Crippen molar-refractivity contribution >= 4 is 23.5 Å². The predicted octanol–water partition coefficient (Wildman–Crippen LogP) is 3.51. The number of aryl methyl sites for hydroxylation is 2. The fraction of sp³-hybridized carbons (Fsp3) is 0.625. The molecule has 2 amide bonds. The smallest absolute Gasteiger partial charge is 0.328 e. The van der Waals surface area contributed by atoms with Crippen LogP contribution in [0.25, 0.3) is 0 Å². The highest BCUT2D eigenvalue weighted by Crippen LogP contribution is 2.60. The van der Waals surface area contributed by atoms with Crippen LogP contribution in [0.4, 0.5) is 5.69 Å². The quantitative estimate of drug-likeness (QED) is 0.701. The number of esters is 1. The number of ether oxygens (including phenoxy) is 1. The van der Waals surface area contributed by atoms with Crippen LogP contribution in [0, 0.1) is 37.0 Å². The van der Waals surface area contributed by atoms with Crippen molar-refractivity contribution in [1.29, 1.82) is 0 Å². The average molecular weight is 413 g/mol. The lowest BCUT2D eigenvalue weighted by atomic mass is 9.49. The van der Waals surface area contributed by atoms with Gasteiger partial charge in [0.15, 0.2) is 6.61 Å². The Balaban J connectivity index is 1.27. The molecule has 1 atom stereocenters. The summed E-state index contributed by atoms with van der Waals surface area (Å²) in [6, 6.07) is 4.98. The molecule has 0 heterocycles. The fourth-order valence-electron chi connectivity index (χ4n) is 6.30. The van der Waals surface area contributed by atoms with E-state index >= 15 is 0 Å². The van der Waals surface area contributed by atoms with Crippen LogP contribution in [0.3, 0.4) is 0 Å². The Labute approximate surface area is 178 Å². The zero-order valence-corrected chi connectivity index (χ0v) is 18.1. The number of carbonyl (C=O) groups excluding carboxylic acids is 3. The van der Waals surface area contributed by atoms with E-state index in [0.29, 0.717) is 23.4 Å². The van der Waals surface area contributed by atoms with Gasteiger partial charge in [0.05, 0.1) is 0 Å². The molecule has 0 radical (unpaired) electrons. The number of rotatable bonds is 6. The number of nitrogens with one attached hydrogen (secondary N) is 2. The molecular formula is C24H32N2O4. The highest BCUT2D eigenvalue weighted by atomic mass is 16.5. The van der Waals surface area contributed by atoms with E-state index < -0.39 is 17.9 Å². The van der Waals surface area contributed by atoms with Crippen molar-refractivity contribution in [3.05, 3.63) is 29.3 Å². The first kappa shape index (κ1) is 20.9. The SMILES string of the molecule is Cc1cc(C)cc(NC(=O)COC(=O)[C@H](C)NC(=O)C23CC4CC(CC(C4)C2)C3)c1. The van der Waals surface area contributed by atoms with Gasteiger partial charge in [-0.25, -0.2) is 4.79 Å². The Morgan fingerprint density at radius 3 is 2.07 bits per heavy atom. The summed E-state index contributed by atoms with van der Waals surface area (Å²) in [5.74, 6) is 1.01. The van der Waals surface area contributed by atoms with E-state index in [9.17, 15) is 14.4 Å². The molecule has 6 nitrogen and oxygen atoms in total. The molecule has 4 aliphatic carbocycles. The molecule has 1 aromatic carbocycles. The van der Waals surface area contributed by atoms with Crippen molar-refractivity contribution in [3.8, 4) is 0 Å². The largest absolute Gasteiger partial charge is 0.454 e. The predicted molar refractivity (Wildman–Crippen MR) is 114 cm³/mol. The van der Waals surface area contributed by atoms with Crippen molar-refractivity contribution in [2.75, 3.05) is 11.9 Å². The van der Waals surface area contributed by atoms with Crippen LogP contribution < -0.4 is 10.6 Å². The molecule has 2 N–H and O–H groups in total. The van der Waals surface area contributed by atoms with Crippen LogP contribution in [0.15, 0.2) is 18.2 Å². The lowest BCUT2D eigenvalue weighted by molar-refractivity contribution is -0.154. The molecule has 6 heteroatoms. The summed E-state index contributed by atoms with van der Waals surface area (Å²) in [5, 5.41) is 5.62. The molecule has 0 unspecified atom stereocenters. The molecular weight excluding hydrogens is 380 g/mol. The molecule has 4 fully saturated rings. The maximum atomic E-state index is 13.1. The summed E-state index contributed by atoms with van der Waals surface area (Å²) >= 11 is 0. The highest BCUT2D eigenvalue weighted by molar-refractivity contribution is 5.94. The standard InChI is InChI=1S/C24H32N2O4/c1-14-4-15(2)6-20(5-14)26-21(27)13-30-22(28)16(3)25-23(29)24-10-17-7-18(11-24)9-19(8-17)12-24/h4-6,16-19H,7-13H2,1-3H3,(H,25,29)(H,26,27)/t16-,17?,18?,19?,24?/m0/s1. The van der Waals surface area contributed by atoms with Crippen molar-refractivity contribution in [2.24, 2.45) is 23.2 Å². The number of hydrogen-bond donors (Lipinski definition) is 2. The minimum atomic E-state index is -0.764. The Morgan fingerprint density at radius 2 is 1.53 bits per heavy atom. The lowest BCUT2D eigenvalue weighted by Gasteiger charge is -2.55. The second-order valence-corrected chi connectivity index (χ2v) is 9.93. The third-order valence-electron chi connectivity index (χ3n) is 7.07. The molecule has 1 aromatic rings. The van der Waals surface area contributed by atoms with E-state index in [-0.39, 0.29) is 17.9 Å². The molecule has 30 heavy (non-hydrogen) atoms. The van der Waals surface area contributed by atoms with Crippen molar-refractivity contribution in [2.45, 2.75) is 65.3 Å². The molecule has 0 spiro atoms. The number of amides is 2. The van der Waals surface area contributed by atoms with Crippen LogP contribution in [-0.2, 0) is 19.1 Å². The Morgan fingerprint density at radius 1 is 1.00 bits per heavy atom. The van der Waals surface area contributed by atoms with Crippen molar-refractivity contribution < 1.29 is 19.1 Å². The van der Waals surface area contributed by atoms with Crippen molar-refractivity contribution in [1.82, 2.24) is 5.32 Å². The Bertz CT molecular complexity index is 807. The molecule has 0 aliphatic heterocycles. The maximum Gasteiger partial charge on any atom is 0.328 e. The zero-order valence-electron chi connectivity index (χ0n) is 18.1. The van der Waals surface area contributed by atoms with Crippen LogP contribution >= 0.6 is 0 Å². The third kappa shape index (κ3) is 4.37. The number of anilines is 1. The molecule has 4 saturated carbocycles. The van der Waals surface area contributed by atoms with Gasteiger partial charge in [-0.15, -0.1) is 0 Å². The van der Waals surface area contributed by atoms with E-state index in [1.807, 2.05) is 32.0 Å². The molecule has 0 saturated heterocycles. The van der Waals surface area contributed by atoms with Gasteiger partial charge >= 0.3 is 5.97 Å². The van der Waals surface area contributed by atoms with E-state index in [0.717, 1.165) is 30.4 Å². The first-order valence-corrected chi connectivity index (χ1v) is 11.1. The van der Waals surface area contributed by atoms with E-state index in [1.165, 1.54) is 19.3 Å². The van der Waals surface area contributed by atoms with Gasteiger partial charge in [0.2, 0.25) is 5.91 Å². The van der Waals surface area contributed by atoms with Gasteiger partial charge in [0.1, 0.15) is 6.04 Å². The minimum absolute atomic E-state index is 0.00858. The molecule has 5 rings (SSSR count). The van der Waals surface area contributed by atoms with E-state index in [2.05, 4.69) is 10.6 Å². The topological polar surface area (TPSA) is 84.5 Å². The van der Waals surface area contributed by atoms with Gasteiger partial charge in [0, 0.05) is 11.1 Å². The van der Waals surface area contributed by atoms with Gasteiger partial charge in [-0.2, -0.15) is 0 Å². The van der Waals surface area contributed by atoms with Gasteiger partial charge in [-0.05, 0) is 100 Å². The maximum absolute atomic E-state index is 13.1. The Hall–Kier alpha value is -2.37. The van der Waals surface area contributed by atoms with Crippen LogP contribution in [0.5, 0.6) is 0 Å². The minimum Gasteiger partial charge on any atom is -0.454 e. The molecule has 4 bridgehead atoms. The molecule has 162 valence electrons. The first-order valence-electron chi connectivity index (χ1n) is 11.1. The monoisotopic (exact) mass is 412 g/mol. The summed E-state index contributed by atoms with van der Waals surface area (Å²) in [6.07, 6.45) is 6.64. The highest BCUT2D eigenvalue weighted by Gasteiger charge is 2.54. The van der Waals surface area contributed by atoms with Crippen LogP contribution in [0.2, 0.25) is 0 Å². The van der Waals surface area contributed by atoms with Crippen LogP contribution in [0.1, 0.15) is 56.6 Å². The van der Waals surface area contributed by atoms with Crippen LogP contribution in [-0.4, -0.2) is 30.4 Å². The van der Waals surface area contributed by atoms with Gasteiger partial charge in [-0.3, -0.25) is 9.59 Å². The zero-order chi connectivity index (χ0) is 21.5. The normalized spacial score (nSPS) is 29.9. The second kappa shape index (κ2) is 8.05. The molecule has 0 aromatic heterocycles. The first-order chi connectivity index (χ1) is 14.2. The second-order valence-electron chi connectivity index (χ2n) is 9.93. The number of carbonyl (C=O) groups is 3. The van der Waals surface area contributed by atoms with Gasteiger partial charge < -0.3 is 15.4 Å². The Kier molecular flexibility index (Phi) is 5.60. The number of benzene rings is 1. The third-order valence-corrected chi connectivity index (χ3v) is 7.07. The fourth-order valence-corrected chi connectivity index (χ4v) is 6.30. The summed E-state index contributed by atoms with van der Waals surface area (Å²) < 4.78 is 5.15. The summed E-state index contributed by atoms with van der Waals surface area (Å²) in [4.78, 5) is 37.5.